The van der Waals surface area contributed by atoms with Gasteiger partial charge in [0.2, 0.25) is 0 Å². The average molecular weight is 373 g/mol. The first-order valence-corrected chi connectivity index (χ1v) is 10.0. The predicted molar refractivity (Wildman–Crippen MR) is 104 cm³/mol. The van der Waals surface area contributed by atoms with Gasteiger partial charge in [0.05, 0.1) is 12.1 Å². The number of aryl methyl sites for hydroxylation is 1. The van der Waals surface area contributed by atoms with Crippen molar-refractivity contribution in [3.05, 3.63) is 35.3 Å². The summed E-state index contributed by atoms with van der Waals surface area (Å²) < 4.78 is 19.6. The van der Waals surface area contributed by atoms with E-state index in [-0.39, 0.29) is 17.8 Å². The minimum atomic E-state index is -0.299. The topological polar surface area (TPSA) is 57.4 Å². The Kier molecular flexibility index (Phi) is 5.45. The van der Waals surface area contributed by atoms with Gasteiger partial charge < -0.3 is 15.0 Å². The number of nitrogens with zero attached hydrogens (tertiary/aromatic N) is 1. The summed E-state index contributed by atoms with van der Waals surface area (Å²) in [4.78, 5) is 18.4. The molecule has 2 aromatic rings. The number of rotatable bonds is 3. The molecule has 0 bridgehead atoms. The number of hydrogen-bond donors (Lipinski definition) is 2. The van der Waals surface area contributed by atoms with E-state index >= 15 is 0 Å². The van der Waals surface area contributed by atoms with Gasteiger partial charge in [-0.2, -0.15) is 0 Å². The lowest BCUT2D eigenvalue weighted by Crippen LogP contribution is -2.46. The first-order chi connectivity index (χ1) is 13.1. The molecule has 2 heterocycles. The van der Waals surface area contributed by atoms with Gasteiger partial charge in [0.1, 0.15) is 11.5 Å². The van der Waals surface area contributed by atoms with Crippen molar-refractivity contribution in [2.24, 2.45) is 0 Å². The van der Waals surface area contributed by atoms with Gasteiger partial charge in [-0.1, -0.05) is 6.07 Å². The van der Waals surface area contributed by atoms with Gasteiger partial charge in [-0.25, -0.2) is 4.39 Å². The third kappa shape index (κ3) is 4.01. The Bertz CT molecular complexity index is 772. The van der Waals surface area contributed by atoms with Crippen LogP contribution >= 0.6 is 0 Å². The van der Waals surface area contributed by atoms with E-state index in [2.05, 4.69) is 15.2 Å². The van der Waals surface area contributed by atoms with Crippen molar-refractivity contribution >= 4 is 16.8 Å². The highest BCUT2D eigenvalue weighted by atomic mass is 19.1. The monoisotopic (exact) mass is 373 g/mol. The van der Waals surface area contributed by atoms with E-state index in [1.165, 1.54) is 12.5 Å². The van der Waals surface area contributed by atoms with Crippen LogP contribution in [0.5, 0.6) is 0 Å². The zero-order valence-electron chi connectivity index (χ0n) is 15.9. The van der Waals surface area contributed by atoms with E-state index in [0.29, 0.717) is 22.6 Å². The molecular weight excluding hydrogens is 345 g/mol. The first-order valence-electron chi connectivity index (χ1n) is 10.0. The molecule has 1 saturated carbocycles. The third-order valence-electron chi connectivity index (χ3n) is 5.95. The first kappa shape index (κ1) is 18.4. The molecule has 0 unspecified atom stereocenters. The van der Waals surface area contributed by atoms with Crippen molar-refractivity contribution in [3.8, 4) is 0 Å². The fourth-order valence-corrected chi connectivity index (χ4v) is 4.47. The lowest BCUT2D eigenvalue weighted by atomic mass is 9.89. The van der Waals surface area contributed by atoms with Gasteiger partial charge in [-0.3, -0.25) is 9.69 Å². The van der Waals surface area contributed by atoms with Crippen LogP contribution < -0.4 is 5.32 Å². The number of benzene rings is 1. The smallest absolute Gasteiger partial charge is 0.267 e. The molecule has 2 N–H and O–H groups in total. The Morgan fingerprint density at radius 3 is 3.00 bits per heavy atom. The second-order valence-electron chi connectivity index (χ2n) is 7.83. The molecule has 1 aromatic heterocycles. The molecule has 6 heteroatoms. The fourth-order valence-electron chi connectivity index (χ4n) is 4.47. The van der Waals surface area contributed by atoms with E-state index < -0.39 is 0 Å². The standard InChI is InChI=1S/C21H28FN3O2/c1-14-6-7-18(22)17-13-19(24-20(14)17)21(26)23-15-4-2-5-16(12-15)25-8-3-10-27-11-9-25/h6-7,13,15-16,24H,2-5,8-12H2,1H3,(H,23,26)/t15-,16-/m1/s1. The molecule has 0 radical (unpaired) electrons. The highest BCUT2D eigenvalue weighted by Crippen LogP contribution is 2.25. The number of ether oxygens (including phenoxy) is 1. The Balaban J connectivity index is 1.43. The Morgan fingerprint density at radius 1 is 1.26 bits per heavy atom. The summed E-state index contributed by atoms with van der Waals surface area (Å²) in [7, 11) is 0. The minimum Gasteiger partial charge on any atom is -0.380 e. The molecule has 1 aliphatic carbocycles. The molecule has 2 atom stereocenters. The van der Waals surface area contributed by atoms with Gasteiger partial charge in [-0.15, -0.1) is 0 Å². The molecule has 5 nitrogen and oxygen atoms in total. The number of carbonyl (C=O) groups excluding carboxylic acids is 1. The van der Waals surface area contributed by atoms with Gasteiger partial charge in [0.25, 0.3) is 5.91 Å². The van der Waals surface area contributed by atoms with E-state index in [4.69, 9.17) is 4.74 Å². The molecule has 1 aliphatic heterocycles. The number of H-pyrrole nitrogens is 1. The lowest BCUT2D eigenvalue weighted by molar-refractivity contribution is 0.0876. The second-order valence-corrected chi connectivity index (χ2v) is 7.83. The van der Waals surface area contributed by atoms with Crippen molar-refractivity contribution in [3.63, 3.8) is 0 Å². The number of fused-ring (bicyclic) bond motifs is 1. The molecular formula is C21H28FN3O2. The Labute approximate surface area is 159 Å². The number of hydrogen-bond acceptors (Lipinski definition) is 3. The van der Waals surface area contributed by atoms with Gasteiger partial charge in [0, 0.05) is 37.2 Å². The van der Waals surface area contributed by atoms with Crippen LogP contribution in [0.4, 0.5) is 4.39 Å². The second kappa shape index (κ2) is 7.98. The van der Waals surface area contributed by atoms with Gasteiger partial charge in [-0.05, 0) is 56.7 Å². The quantitative estimate of drug-likeness (QED) is 0.867. The summed E-state index contributed by atoms with van der Waals surface area (Å²) in [6.07, 6.45) is 5.35. The minimum absolute atomic E-state index is 0.144. The molecule has 1 aromatic carbocycles. The SMILES string of the molecule is Cc1ccc(F)c2cc(C(=O)N[C@@H]3CCC[C@@H](N4CCCOCC4)C3)[nH]c12. The van der Waals surface area contributed by atoms with Gasteiger partial charge >= 0.3 is 0 Å². The highest BCUT2D eigenvalue weighted by molar-refractivity contribution is 5.99. The number of amides is 1. The maximum absolute atomic E-state index is 14.0. The number of nitrogens with one attached hydrogen (secondary N) is 2. The van der Waals surface area contributed by atoms with E-state index in [1.807, 2.05) is 6.92 Å². The molecule has 27 heavy (non-hydrogen) atoms. The van der Waals surface area contributed by atoms with Crippen LogP contribution in [-0.4, -0.2) is 54.2 Å². The van der Waals surface area contributed by atoms with E-state index in [1.54, 1.807) is 12.1 Å². The molecule has 2 fully saturated rings. The van der Waals surface area contributed by atoms with Crippen molar-refractivity contribution in [1.82, 2.24) is 15.2 Å². The zero-order chi connectivity index (χ0) is 18.8. The van der Waals surface area contributed by atoms with Crippen LogP contribution in [0.15, 0.2) is 18.2 Å². The average Bonchev–Trinajstić information content (AvgIpc) is 2.96. The summed E-state index contributed by atoms with van der Waals surface area (Å²) in [5.41, 5.74) is 2.07. The Morgan fingerprint density at radius 2 is 2.15 bits per heavy atom. The Hall–Kier alpha value is -1.92. The van der Waals surface area contributed by atoms with Crippen molar-refractivity contribution in [2.45, 2.75) is 51.1 Å². The van der Waals surface area contributed by atoms with Crippen LogP contribution in [0.2, 0.25) is 0 Å². The number of aromatic amines is 1. The van der Waals surface area contributed by atoms with Crippen LogP contribution in [-0.2, 0) is 4.74 Å². The van der Waals surface area contributed by atoms with E-state index in [0.717, 1.165) is 57.6 Å². The molecule has 4 rings (SSSR count). The molecule has 2 aliphatic rings. The van der Waals surface area contributed by atoms with Crippen molar-refractivity contribution in [1.29, 1.82) is 0 Å². The fraction of sp³-hybridized carbons (Fsp3) is 0.571. The zero-order valence-corrected chi connectivity index (χ0v) is 15.9. The van der Waals surface area contributed by atoms with Crippen molar-refractivity contribution in [2.75, 3.05) is 26.3 Å². The third-order valence-corrected chi connectivity index (χ3v) is 5.95. The molecule has 1 amide bonds. The summed E-state index contributed by atoms with van der Waals surface area (Å²) in [5, 5.41) is 3.65. The van der Waals surface area contributed by atoms with Gasteiger partial charge in [0.15, 0.2) is 0 Å². The molecule has 0 spiro atoms. The van der Waals surface area contributed by atoms with E-state index in [9.17, 15) is 9.18 Å². The largest absolute Gasteiger partial charge is 0.380 e. The number of carbonyl (C=O) groups is 1. The van der Waals surface area contributed by atoms with Crippen LogP contribution in [0.25, 0.3) is 10.9 Å². The number of halogens is 1. The normalized spacial score (nSPS) is 24.7. The number of aromatic nitrogens is 1. The predicted octanol–water partition coefficient (Wildman–Crippen LogP) is 3.38. The van der Waals surface area contributed by atoms with Crippen molar-refractivity contribution < 1.29 is 13.9 Å². The molecule has 146 valence electrons. The van der Waals surface area contributed by atoms with Crippen LogP contribution in [0, 0.1) is 12.7 Å². The van der Waals surface area contributed by atoms with Crippen LogP contribution in [0.3, 0.4) is 0 Å². The maximum atomic E-state index is 14.0. The summed E-state index contributed by atoms with van der Waals surface area (Å²) in [5.74, 6) is -0.443. The summed E-state index contributed by atoms with van der Waals surface area (Å²) in [6.45, 7) is 5.61. The summed E-state index contributed by atoms with van der Waals surface area (Å²) >= 11 is 0. The van der Waals surface area contributed by atoms with Crippen LogP contribution in [0.1, 0.15) is 48.2 Å². The summed E-state index contributed by atoms with van der Waals surface area (Å²) in [6, 6.07) is 5.47. The highest BCUT2D eigenvalue weighted by Gasteiger charge is 2.28. The maximum Gasteiger partial charge on any atom is 0.267 e. The molecule has 1 saturated heterocycles. The lowest BCUT2D eigenvalue weighted by Gasteiger charge is -2.37.